The standard InChI is InChI=1S/C35H40ClN5O3/c1-35(23-37-2)12-10-30(24-4-6-27(36)7-5-24)26(20-35)22-40-14-16-41(17-15-40)28-8-9-31(34(42)43-3)32(19-28)44-29-18-25-11-13-38-33(25)39-21-29/h4-9,11,13,18-19,21,37H,10,12,14-17,20,22-23H2,1-3H3,(H,38,39)/t35-/m1/s1. The Bertz CT molecular complexity index is 1660. The van der Waals surface area contributed by atoms with Crippen molar-refractivity contribution >= 4 is 39.9 Å². The van der Waals surface area contributed by atoms with Crippen molar-refractivity contribution in [2.75, 3.05) is 58.3 Å². The highest BCUT2D eigenvalue weighted by molar-refractivity contribution is 6.30. The van der Waals surface area contributed by atoms with Gasteiger partial charge in [-0.25, -0.2) is 9.78 Å². The third-order valence-electron chi connectivity index (χ3n) is 8.97. The molecular formula is C35H40ClN5O3. The van der Waals surface area contributed by atoms with Crippen LogP contribution in [0.15, 0.2) is 72.6 Å². The van der Waals surface area contributed by atoms with Crippen molar-refractivity contribution in [2.24, 2.45) is 5.41 Å². The number of pyridine rings is 1. The Balaban J connectivity index is 1.18. The number of halogens is 1. The van der Waals surface area contributed by atoms with E-state index in [4.69, 9.17) is 21.1 Å². The number of anilines is 1. The quantitative estimate of drug-likeness (QED) is 0.201. The topological polar surface area (TPSA) is 82.7 Å². The summed E-state index contributed by atoms with van der Waals surface area (Å²) in [5.74, 6) is 0.582. The molecular weight excluding hydrogens is 574 g/mol. The number of benzene rings is 2. The average Bonchev–Trinajstić information content (AvgIpc) is 3.50. The molecule has 230 valence electrons. The molecule has 44 heavy (non-hydrogen) atoms. The molecule has 2 aliphatic rings. The van der Waals surface area contributed by atoms with Crippen LogP contribution in [-0.4, -0.2) is 74.3 Å². The molecule has 0 radical (unpaired) electrons. The Hall–Kier alpha value is -3.85. The van der Waals surface area contributed by atoms with Crippen LogP contribution in [0.1, 0.15) is 42.1 Å². The summed E-state index contributed by atoms with van der Waals surface area (Å²) in [6.45, 7) is 8.04. The first kappa shape index (κ1) is 30.2. The van der Waals surface area contributed by atoms with Crippen LogP contribution in [0, 0.1) is 5.41 Å². The Morgan fingerprint density at radius 1 is 1.09 bits per heavy atom. The van der Waals surface area contributed by atoms with Crippen molar-refractivity contribution < 1.29 is 14.3 Å². The van der Waals surface area contributed by atoms with E-state index in [2.05, 4.69) is 44.1 Å². The SMILES string of the molecule is CNC[C@]1(C)CCC(c2ccc(Cl)cc2)=C(CN2CCN(c3ccc(C(=O)OC)c(Oc4cnc5[nH]ccc5c4)c3)CC2)C1. The van der Waals surface area contributed by atoms with Gasteiger partial charge in [0.05, 0.1) is 13.3 Å². The number of aromatic amines is 1. The average molecular weight is 614 g/mol. The van der Waals surface area contributed by atoms with Gasteiger partial charge in [-0.2, -0.15) is 0 Å². The smallest absolute Gasteiger partial charge is 0.341 e. The molecule has 2 aromatic carbocycles. The van der Waals surface area contributed by atoms with E-state index in [0.717, 1.165) is 73.9 Å². The number of rotatable bonds is 9. The van der Waals surface area contributed by atoms with E-state index in [1.54, 1.807) is 12.3 Å². The molecule has 1 aliphatic heterocycles. The molecule has 8 nitrogen and oxygen atoms in total. The maximum Gasteiger partial charge on any atom is 0.341 e. The molecule has 1 fully saturated rings. The zero-order valence-corrected chi connectivity index (χ0v) is 26.4. The molecule has 2 aromatic heterocycles. The highest BCUT2D eigenvalue weighted by Crippen LogP contribution is 2.43. The predicted molar refractivity (Wildman–Crippen MR) is 177 cm³/mol. The lowest BCUT2D eigenvalue weighted by Crippen LogP contribution is -2.47. The van der Waals surface area contributed by atoms with Crippen LogP contribution in [0.3, 0.4) is 0 Å². The Kier molecular flexibility index (Phi) is 8.93. The molecule has 2 N–H and O–H groups in total. The number of allylic oxidation sites excluding steroid dienone is 1. The summed E-state index contributed by atoms with van der Waals surface area (Å²) in [5.41, 5.74) is 6.74. The minimum Gasteiger partial charge on any atom is -0.465 e. The van der Waals surface area contributed by atoms with Crippen LogP contribution in [0.25, 0.3) is 16.6 Å². The first-order chi connectivity index (χ1) is 21.3. The second kappa shape index (κ2) is 13.0. The summed E-state index contributed by atoms with van der Waals surface area (Å²) >= 11 is 6.22. The molecule has 1 saturated heterocycles. The van der Waals surface area contributed by atoms with Gasteiger partial charge in [0, 0.05) is 67.6 Å². The Morgan fingerprint density at radius 3 is 2.64 bits per heavy atom. The zero-order valence-electron chi connectivity index (χ0n) is 25.7. The van der Waals surface area contributed by atoms with Gasteiger partial charge >= 0.3 is 5.97 Å². The highest BCUT2D eigenvalue weighted by Gasteiger charge is 2.32. The maximum absolute atomic E-state index is 12.6. The van der Waals surface area contributed by atoms with E-state index in [1.807, 2.05) is 49.6 Å². The number of ether oxygens (including phenoxy) is 2. The molecule has 1 aliphatic carbocycles. The van der Waals surface area contributed by atoms with Crippen molar-refractivity contribution in [2.45, 2.75) is 26.2 Å². The fourth-order valence-electron chi connectivity index (χ4n) is 6.65. The predicted octanol–water partition coefficient (Wildman–Crippen LogP) is 6.78. The molecule has 9 heteroatoms. The van der Waals surface area contributed by atoms with Gasteiger partial charge in [0.1, 0.15) is 22.7 Å². The highest BCUT2D eigenvalue weighted by atomic mass is 35.5. The molecule has 0 spiro atoms. The number of methoxy groups -OCH3 is 1. The second-order valence-electron chi connectivity index (χ2n) is 12.2. The summed E-state index contributed by atoms with van der Waals surface area (Å²) in [6.07, 6.45) is 6.84. The van der Waals surface area contributed by atoms with Crippen LogP contribution in [0.4, 0.5) is 5.69 Å². The maximum atomic E-state index is 12.6. The first-order valence-electron chi connectivity index (χ1n) is 15.3. The summed E-state index contributed by atoms with van der Waals surface area (Å²) in [4.78, 5) is 25.0. The van der Waals surface area contributed by atoms with Gasteiger partial charge in [0.2, 0.25) is 0 Å². The van der Waals surface area contributed by atoms with Gasteiger partial charge in [-0.05, 0) is 79.3 Å². The van der Waals surface area contributed by atoms with Crippen molar-refractivity contribution in [1.29, 1.82) is 0 Å². The Morgan fingerprint density at radius 2 is 1.89 bits per heavy atom. The van der Waals surface area contributed by atoms with Gasteiger partial charge in [-0.3, -0.25) is 4.90 Å². The number of esters is 1. The molecule has 6 rings (SSSR count). The summed E-state index contributed by atoms with van der Waals surface area (Å²) in [7, 11) is 3.43. The molecule has 0 saturated carbocycles. The first-order valence-corrected chi connectivity index (χ1v) is 15.6. The number of fused-ring (bicyclic) bond motifs is 1. The Labute approximate surface area is 264 Å². The molecule has 0 amide bonds. The van der Waals surface area contributed by atoms with Crippen molar-refractivity contribution in [3.8, 4) is 11.5 Å². The monoisotopic (exact) mass is 613 g/mol. The van der Waals surface area contributed by atoms with E-state index in [1.165, 1.54) is 30.2 Å². The van der Waals surface area contributed by atoms with Gasteiger partial charge in [0.25, 0.3) is 0 Å². The fraction of sp³-hybridized carbons (Fsp3) is 0.371. The second-order valence-corrected chi connectivity index (χ2v) is 12.7. The van der Waals surface area contributed by atoms with E-state index in [0.29, 0.717) is 17.1 Å². The molecule has 1 atom stereocenters. The number of nitrogens with one attached hydrogen (secondary N) is 2. The van der Waals surface area contributed by atoms with E-state index in [-0.39, 0.29) is 5.41 Å². The van der Waals surface area contributed by atoms with Crippen LogP contribution < -0.4 is 15.0 Å². The number of hydrogen-bond acceptors (Lipinski definition) is 7. The third kappa shape index (κ3) is 6.62. The summed E-state index contributed by atoms with van der Waals surface area (Å²) in [5, 5.41) is 5.14. The van der Waals surface area contributed by atoms with Gasteiger partial charge in [0.15, 0.2) is 0 Å². The zero-order chi connectivity index (χ0) is 30.7. The minimum atomic E-state index is -0.436. The van der Waals surface area contributed by atoms with E-state index < -0.39 is 5.97 Å². The molecule has 0 bridgehead atoms. The van der Waals surface area contributed by atoms with E-state index >= 15 is 0 Å². The molecule has 0 unspecified atom stereocenters. The van der Waals surface area contributed by atoms with E-state index in [9.17, 15) is 4.79 Å². The number of carbonyl (C=O) groups excluding carboxylic acids is 1. The lowest BCUT2D eigenvalue weighted by Gasteiger charge is -2.41. The summed E-state index contributed by atoms with van der Waals surface area (Å²) in [6, 6.07) is 17.9. The minimum absolute atomic E-state index is 0.251. The number of aromatic nitrogens is 2. The largest absolute Gasteiger partial charge is 0.465 e. The molecule has 3 heterocycles. The van der Waals surface area contributed by atoms with Gasteiger partial charge in [-0.15, -0.1) is 0 Å². The third-order valence-corrected chi connectivity index (χ3v) is 9.22. The number of H-pyrrole nitrogens is 1. The lowest BCUT2D eigenvalue weighted by atomic mass is 9.71. The van der Waals surface area contributed by atoms with Gasteiger partial charge < -0.3 is 24.7 Å². The fourth-order valence-corrected chi connectivity index (χ4v) is 6.78. The van der Waals surface area contributed by atoms with Crippen LogP contribution in [-0.2, 0) is 4.74 Å². The van der Waals surface area contributed by atoms with Crippen LogP contribution >= 0.6 is 11.6 Å². The van der Waals surface area contributed by atoms with Gasteiger partial charge in [-0.1, -0.05) is 36.2 Å². The number of nitrogens with zero attached hydrogens (tertiary/aromatic N) is 3. The number of carbonyl (C=O) groups is 1. The number of hydrogen-bond donors (Lipinski definition) is 2. The lowest BCUT2D eigenvalue weighted by molar-refractivity contribution is 0.0598. The van der Waals surface area contributed by atoms with Crippen molar-refractivity contribution in [3.05, 3.63) is 88.7 Å². The van der Waals surface area contributed by atoms with Crippen LogP contribution in [0.5, 0.6) is 11.5 Å². The van der Waals surface area contributed by atoms with Crippen molar-refractivity contribution in [3.63, 3.8) is 0 Å². The molecule has 4 aromatic rings. The van der Waals surface area contributed by atoms with Crippen molar-refractivity contribution in [1.82, 2.24) is 20.2 Å². The summed E-state index contributed by atoms with van der Waals surface area (Å²) < 4.78 is 11.3. The number of piperazine rings is 1. The van der Waals surface area contributed by atoms with Crippen LogP contribution in [0.2, 0.25) is 5.02 Å². The normalized spacial score (nSPS) is 19.4.